The number of amidine groups is 1. The zero-order chi connectivity index (χ0) is 12.4. The van der Waals surface area contributed by atoms with E-state index in [9.17, 15) is 0 Å². The summed E-state index contributed by atoms with van der Waals surface area (Å²) in [6.45, 7) is 11.4. The van der Waals surface area contributed by atoms with Gasteiger partial charge < -0.3 is 10.5 Å². The number of hydrogen-bond donors (Lipinski definition) is 2. The van der Waals surface area contributed by atoms with E-state index in [1.54, 1.807) is 0 Å². The van der Waals surface area contributed by atoms with E-state index in [2.05, 4.69) is 32.6 Å². The van der Waals surface area contributed by atoms with Gasteiger partial charge in [-0.05, 0) is 40.7 Å². The largest absolute Gasteiger partial charge is 0.388 e. The summed E-state index contributed by atoms with van der Waals surface area (Å²) in [7, 11) is 0. The highest BCUT2D eigenvalue weighted by atomic mass is 16.5. The van der Waals surface area contributed by atoms with Crippen LogP contribution in [0, 0.1) is 5.41 Å². The molecule has 94 valence electrons. The number of nitrogens with two attached hydrogens (primary N) is 1. The first kappa shape index (κ1) is 13.5. The van der Waals surface area contributed by atoms with Crippen LogP contribution < -0.4 is 5.73 Å². The summed E-state index contributed by atoms with van der Waals surface area (Å²) in [4.78, 5) is 2.41. The normalized spacial score (nSPS) is 24.2. The highest BCUT2D eigenvalue weighted by Crippen LogP contribution is 2.27. The van der Waals surface area contributed by atoms with Gasteiger partial charge in [0.2, 0.25) is 0 Å². The maximum absolute atomic E-state index is 7.20. The Bertz CT molecular complexity index is 245. The molecule has 1 saturated heterocycles. The summed E-state index contributed by atoms with van der Waals surface area (Å²) >= 11 is 0. The average Bonchev–Trinajstić information content (AvgIpc) is 1.96. The van der Waals surface area contributed by atoms with Crippen LogP contribution in [0.5, 0.6) is 0 Å². The SMILES string of the molecule is CC1(C)CN(CCCC(=N)N)CC(C)(C)O1. The third kappa shape index (κ3) is 4.49. The van der Waals surface area contributed by atoms with Crippen LogP contribution in [0.25, 0.3) is 0 Å². The van der Waals surface area contributed by atoms with Gasteiger partial charge in [0.25, 0.3) is 0 Å². The standard InChI is InChI=1S/C12H25N3O/c1-11(2)8-15(7-5-6-10(13)14)9-12(3,4)16-11/h5-9H2,1-4H3,(H3,13,14). The predicted octanol–water partition coefficient (Wildman–Crippen LogP) is 1.59. The van der Waals surface area contributed by atoms with Crippen LogP contribution in [0.4, 0.5) is 0 Å². The van der Waals surface area contributed by atoms with Crippen molar-refractivity contribution >= 4 is 5.84 Å². The van der Waals surface area contributed by atoms with Crippen molar-refractivity contribution in [1.82, 2.24) is 4.90 Å². The van der Waals surface area contributed by atoms with Crippen molar-refractivity contribution in [3.05, 3.63) is 0 Å². The molecule has 1 aliphatic rings. The molecule has 0 amide bonds. The van der Waals surface area contributed by atoms with Gasteiger partial charge in [-0.25, -0.2) is 0 Å². The Hall–Kier alpha value is -0.610. The Labute approximate surface area is 98.6 Å². The number of ether oxygens (including phenoxy) is 1. The van der Waals surface area contributed by atoms with Gasteiger partial charge >= 0.3 is 0 Å². The molecule has 0 aromatic rings. The Morgan fingerprint density at radius 3 is 2.19 bits per heavy atom. The van der Waals surface area contributed by atoms with E-state index in [0.29, 0.717) is 6.42 Å². The van der Waals surface area contributed by atoms with Crippen LogP contribution in [0.3, 0.4) is 0 Å². The lowest BCUT2D eigenvalue weighted by atomic mass is 9.98. The first-order valence-corrected chi connectivity index (χ1v) is 5.96. The third-order valence-electron chi connectivity index (χ3n) is 2.68. The molecule has 0 spiro atoms. The molecule has 0 aromatic carbocycles. The zero-order valence-electron chi connectivity index (χ0n) is 11.0. The Morgan fingerprint density at radius 1 is 1.25 bits per heavy atom. The fraction of sp³-hybridized carbons (Fsp3) is 0.917. The number of morpholine rings is 1. The highest BCUT2D eigenvalue weighted by Gasteiger charge is 2.37. The lowest BCUT2D eigenvalue weighted by Crippen LogP contribution is -2.57. The van der Waals surface area contributed by atoms with Gasteiger partial charge in [-0.1, -0.05) is 0 Å². The highest BCUT2D eigenvalue weighted by molar-refractivity contribution is 5.76. The molecule has 1 rings (SSSR count). The molecule has 0 saturated carbocycles. The second-order valence-corrected chi connectivity index (χ2v) is 5.96. The van der Waals surface area contributed by atoms with Crippen LogP contribution in [-0.4, -0.2) is 41.6 Å². The van der Waals surface area contributed by atoms with E-state index in [-0.39, 0.29) is 17.0 Å². The van der Waals surface area contributed by atoms with Crippen LogP contribution in [0.15, 0.2) is 0 Å². The topological polar surface area (TPSA) is 62.3 Å². The second kappa shape index (κ2) is 4.72. The third-order valence-corrected chi connectivity index (χ3v) is 2.68. The molecule has 1 aliphatic heterocycles. The van der Waals surface area contributed by atoms with Crippen molar-refractivity contribution in [1.29, 1.82) is 5.41 Å². The molecule has 1 fully saturated rings. The zero-order valence-corrected chi connectivity index (χ0v) is 11.0. The minimum absolute atomic E-state index is 0.0853. The van der Waals surface area contributed by atoms with Crippen molar-refractivity contribution in [2.24, 2.45) is 5.73 Å². The number of nitrogens with one attached hydrogen (secondary N) is 1. The van der Waals surface area contributed by atoms with E-state index in [4.69, 9.17) is 15.9 Å². The summed E-state index contributed by atoms with van der Waals surface area (Å²) < 4.78 is 6.01. The molecular weight excluding hydrogens is 202 g/mol. The summed E-state index contributed by atoms with van der Waals surface area (Å²) in [5.41, 5.74) is 5.18. The molecule has 0 atom stereocenters. The molecule has 0 aliphatic carbocycles. The maximum atomic E-state index is 7.20. The van der Waals surface area contributed by atoms with Gasteiger partial charge in [0.05, 0.1) is 17.0 Å². The smallest absolute Gasteiger partial charge is 0.0905 e. The molecule has 16 heavy (non-hydrogen) atoms. The molecule has 0 bridgehead atoms. The van der Waals surface area contributed by atoms with Gasteiger partial charge in [0.15, 0.2) is 0 Å². The van der Waals surface area contributed by atoms with Gasteiger partial charge in [0.1, 0.15) is 0 Å². The minimum Gasteiger partial charge on any atom is -0.388 e. The Balaban J connectivity index is 2.45. The van der Waals surface area contributed by atoms with E-state index >= 15 is 0 Å². The predicted molar refractivity (Wildman–Crippen MR) is 66.8 cm³/mol. The molecule has 0 unspecified atom stereocenters. The summed E-state index contributed by atoms with van der Waals surface area (Å²) in [6, 6.07) is 0. The average molecular weight is 227 g/mol. The first-order chi connectivity index (χ1) is 7.20. The summed E-state index contributed by atoms with van der Waals surface area (Å²) in [5.74, 6) is 0.284. The fourth-order valence-corrected chi connectivity index (χ4v) is 2.60. The molecular formula is C12H25N3O. The molecule has 4 nitrogen and oxygen atoms in total. The van der Waals surface area contributed by atoms with Crippen LogP contribution >= 0.6 is 0 Å². The van der Waals surface area contributed by atoms with Gasteiger partial charge in [-0.2, -0.15) is 0 Å². The van der Waals surface area contributed by atoms with Crippen molar-refractivity contribution in [2.75, 3.05) is 19.6 Å². The fourth-order valence-electron chi connectivity index (χ4n) is 2.60. The van der Waals surface area contributed by atoms with E-state index in [1.807, 2.05) is 0 Å². The monoisotopic (exact) mass is 227 g/mol. The number of hydrogen-bond acceptors (Lipinski definition) is 3. The quantitative estimate of drug-likeness (QED) is 0.566. The number of rotatable bonds is 4. The van der Waals surface area contributed by atoms with Crippen LogP contribution in [-0.2, 0) is 4.74 Å². The van der Waals surface area contributed by atoms with E-state index in [0.717, 1.165) is 26.1 Å². The Morgan fingerprint density at radius 2 is 1.75 bits per heavy atom. The summed E-state index contributed by atoms with van der Waals surface area (Å²) in [6.07, 6.45) is 1.65. The van der Waals surface area contributed by atoms with Crippen molar-refractivity contribution in [3.63, 3.8) is 0 Å². The lowest BCUT2D eigenvalue weighted by molar-refractivity contribution is -0.180. The van der Waals surface area contributed by atoms with E-state index in [1.165, 1.54) is 0 Å². The van der Waals surface area contributed by atoms with Gasteiger partial charge in [-0.3, -0.25) is 10.3 Å². The van der Waals surface area contributed by atoms with Gasteiger partial charge in [-0.15, -0.1) is 0 Å². The Kier molecular flexibility index (Phi) is 3.97. The minimum atomic E-state index is -0.0853. The molecule has 0 aromatic heterocycles. The van der Waals surface area contributed by atoms with Crippen molar-refractivity contribution < 1.29 is 4.74 Å². The number of nitrogens with zero attached hydrogens (tertiary/aromatic N) is 1. The molecule has 4 heteroatoms. The maximum Gasteiger partial charge on any atom is 0.0905 e. The first-order valence-electron chi connectivity index (χ1n) is 5.96. The lowest BCUT2D eigenvalue weighted by Gasteiger charge is -2.47. The van der Waals surface area contributed by atoms with Crippen LogP contribution in [0.2, 0.25) is 0 Å². The van der Waals surface area contributed by atoms with Gasteiger partial charge in [0, 0.05) is 19.5 Å². The van der Waals surface area contributed by atoms with Crippen molar-refractivity contribution in [2.45, 2.75) is 51.7 Å². The molecule has 0 radical (unpaired) electrons. The second-order valence-electron chi connectivity index (χ2n) is 5.96. The summed E-state index contributed by atoms with van der Waals surface area (Å²) in [5, 5.41) is 7.20. The van der Waals surface area contributed by atoms with Crippen LogP contribution in [0.1, 0.15) is 40.5 Å². The molecule has 1 heterocycles. The van der Waals surface area contributed by atoms with Crippen molar-refractivity contribution in [3.8, 4) is 0 Å². The van der Waals surface area contributed by atoms with E-state index < -0.39 is 0 Å². The molecule has 3 N–H and O–H groups in total.